The zero-order valence-corrected chi connectivity index (χ0v) is 14.9. The second-order valence-corrected chi connectivity index (χ2v) is 6.53. The second-order valence-electron chi connectivity index (χ2n) is 5.71. The standard InChI is InChI=1S/C18H15Cl2N3O2/c1-2-4-9-7-13-16(18(24)23-9)14(10(8-21)17(22)25-13)15-11(19)5-3-6-12(15)20/h3,5-7,14H,2,4,22H2,1H3,(H,23,24). The Kier molecular flexibility index (Phi) is 4.76. The number of hydrogen-bond donors (Lipinski definition) is 2. The van der Waals surface area contributed by atoms with Gasteiger partial charge in [-0.05, 0) is 18.6 Å². The summed E-state index contributed by atoms with van der Waals surface area (Å²) in [5, 5.41) is 10.3. The van der Waals surface area contributed by atoms with E-state index in [4.69, 9.17) is 33.7 Å². The summed E-state index contributed by atoms with van der Waals surface area (Å²) < 4.78 is 5.56. The van der Waals surface area contributed by atoms with Crippen LogP contribution in [0, 0.1) is 11.3 Å². The number of aryl methyl sites for hydroxylation is 1. The van der Waals surface area contributed by atoms with E-state index in [9.17, 15) is 10.1 Å². The van der Waals surface area contributed by atoms with Crippen molar-refractivity contribution >= 4 is 23.2 Å². The molecule has 25 heavy (non-hydrogen) atoms. The number of fused-ring (bicyclic) bond motifs is 1. The summed E-state index contributed by atoms with van der Waals surface area (Å²) in [5.74, 6) is -0.511. The van der Waals surface area contributed by atoms with Crippen LogP contribution in [0.2, 0.25) is 10.0 Å². The topological polar surface area (TPSA) is 91.9 Å². The van der Waals surface area contributed by atoms with Crippen molar-refractivity contribution in [2.75, 3.05) is 0 Å². The molecule has 128 valence electrons. The number of halogens is 2. The number of nitrogens with two attached hydrogens (primary N) is 1. The van der Waals surface area contributed by atoms with E-state index in [0.29, 0.717) is 27.8 Å². The van der Waals surface area contributed by atoms with Crippen molar-refractivity contribution in [1.29, 1.82) is 5.26 Å². The number of ether oxygens (including phenoxy) is 1. The number of nitrogens with zero attached hydrogens (tertiary/aromatic N) is 1. The van der Waals surface area contributed by atoms with Gasteiger partial charge in [-0.15, -0.1) is 0 Å². The molecule has 1 atom stereocenters. The van der Waals surface area contributed by atoms with Crippen LogP contribution < -0.4 is 16.0 Å². The Morgan fingerprint density at radius 3 is 2.60 bits per heavy atom. The van der Waals surface area contributed by atoms with Gasteiger partial charge < -0.3 is 15.5 Å². The van der Waals surface area contributed by atoms with Crippen molar-refractivity contribution in [2.45, 2.75) is 25.7 Å². The number of aromatic amines is 1. The van der Waals surface area contributed by atoms with Gasteiger partial charge in [0.1, 0.15) is 17.4 Å². The van der Waals surface area contributed by atoms with Gasteiger partial charge in [0.2, 0.25) is 5.88 Å². The Labute approximate surface area is 154 Å². The smallest absolute Gasteiger partial charge is 0.256 e. The lowest BCUT2D eigenvalue weighted by atomic mass is 9.84. The molecule has 3 N–H and O–H groups in total. The quantitative estimate of drug-likeness (QED) is 0.851. The van der Waals surface area contributed by atoms with Crippen LogP contribution in [-0.2, 0) is 6.42 Å². The summed E-state index contributed by atoms with van der Waals surface area (Å²) >= 11 is 12.6. The van der Waals surface area contributed by atoms with Crippen LogP contribution in [0.5, 0.6) is 5.75 Å². The largest absolute Gasteiger partial charge is 0.440 e. The fourth-order valence-corrected chi connectivity index (χ4v) is 3.63. The third-order valence-electron chi connectivity index (χ3n) is 4.08. The molecule has 0 fully saturated rings. The molecule has 0 amide bonds. The minimum Gasteiger partial charge on any atom is -0.440 e. The molecule has 0 saturated heterocycles. The first-order valence-electron chi connectivity index (χ1n) is 7.75. The average Bonchev–Trinajstić information content (AvgIpc) is 2.54. The van der Waals surface area contributed by atoms with Crippen LogP contribution in [-0.4, -0.2) is 4.98 Å². The SMILES string of the molecule is CCCc1cc2c(c(=O)[nH]1)C(c1c(Cl)cccc1Cl)C(C#N)=C(N)O2. The van der Waals surface area contributed by atoms with Crippen molar-refractivity contribution in [3.05, 3.63) is 72.9 Å². The number of aromatic nitrogens is 1. The summed E-state index contributed by atoms with van der Waals surface area (Å²) in [4.78, 5) is 15.6. The lowest BCUT2D eigenvalue weighted by molar-refractivity contribution is 0.391. The number of allylic oxidation sites excluding steroid dienone is 1. The minimum atomic E-state index is -0.783. The molecule has 0 radical (unpaired) electrons. The van der Waals surface area contributed by atoms with E-state index < -0.39 is 5.92 Å². The van der Waals surface area contributed by atoms with E-state index in [1.807, 2.05) is 13.0 Å². The summed E-state index contributed by atoms with van der Waals surface area (Å²) in [6.45, 7) is 2.01. The van der Waals surface area contributed by atoms with Gasteiger partial charge >= 0.3 is 0 Å². The lowest BCUT2D eigenvalue weighted by Crippen LogP contribution is -2.28. The summed E-state index contributed by atoms with van der Waals surface area (Å²) in [6, 6.07) is 8.77. The van der Waals surface area contributed by atoms with Crippen molar-refractivity contribution in [3.8, 4) is 11.8 Å². The van der Waals surface area contributed by atoms with Crippen LogP contribution in [0.15, 0.2) is 40.5 Å². The molecule has 0 aliphatic carbocycles. The maximum absolute atomic E-state index is 12.7. The number of rotatable bonds is 3. The molecule has 1 aliphatic rings. The van der Waals surface area contributed by atoms with E-state index in [0.717, 1.165) is 12.1 Å². The predicted molar refractivity (Wildman–Crippen MR) is 96.8 cm³/mol. The van der Waals surface area contributed by atoms with Gasteiger partial charge in [-0.1, -0.05) is 42.6 Å². The Morgan fingerprint density at radius 1 is 1.32 bits per heavy atom. The number of pyridine rings is 1. The van der Waals surface area contributed by atoms with Crippen LogP contribution in [0.4, 0.5) is 0 Å². The van der Waals surface area contributed by atoms with E-state index in [-0.39, 0.29) is 22.6 Å². The molecule has 1 aliphatic heterocycles. The van der Waals surface area contributed by atoms with Crippen LogP contribution in [0.25, 0.3) is 0 Å². The van der Waals surface area contributed by atoms with Crippen LogP contribution >= 0.6 is 23.2 Å². The van der Waals surface area contributed by atoms with Gasteiger partial charge in [0.05, 0.1) is 11.5 Å². The monoisotopic (exact) mass is 375 g/mol. The molecule has 3 rings (SSSR count). The third-order valence-corrected chi connectivity index (χ3v) is 4.74. The highest BCUT2D eigenvalue weighted by Gasteiger charge is 2.35. The molecule has 1 aromatic carbocycles. The zero-order chi connectivity index (χ0) is 18.1. The van der Waals surface area contributed by atoms with Gasteiger partial charge in [0.25, 0.3) is 5.56 Å². The molecule has 5 nitrogen and oxygen atoms in total. The Balaban J connectivity index is 2.32. The number of nitriles is 1. The summed E-state index contributed by atoms with van der Waals surface area (Å²) in [6.07, 6.45) is 1.56. The Bertz CT molecular complexity index is 953. The third kappa shape index (κ3) is 2.99. The number of benzene rings is 1. The van der Waals surface area contributed by atoms with Crippen LogP contribution in [0.3, 0.4) is 0 Å². The molecule has 2 aromatic rings. The second kappa shape index (κ2) is 6.83. The minimum absolute atomic E-state index is 0.0518. The number of nitrogens with one attached hydrogen (secondary N) is 1. The fraction of sp³-hybridized carbons (Fsp3) is 0.222. The first kappa shape index (κ1) is 17.4. The van der Waals surface area contributed by atoms with Gasteiger partial charge in [-0.2, -0.15) is 5.26 Å². The highest BCUT2D eigenvalue weighted by Crippen LogP contribution is 2.44. The summed E-state index contributed by atoms with van der Waals surface area (Å²) in [5.41, 5.74) is 7.18. The molecule has 0 saturated carbocycles. The molecular weight excluding hydrogens is 361 g/mol. The predicted octanol–water partition coefficient (Wildman–Crippen LogP) is 3.85. The first-order valence-corrected chi connectivity index (χ1v) is 8.51. The number of hydrogen-bond acceptors (Lipinski definition) is 4. The summed E-state index contributed by atoms with van der Waals surface area (Å²) in [7, 11) is 0. The van der Waals surface area contributed by atoms with E-state index in [2.05, 4.69) is 4.98 Å². The van der Waals surface area contributed by atoms with Crippen molar-refractivity contribution in [3.63, 3.8) is 0 Å². The Morgan fingerprint density at radius 2 is 2.00 bits per heavy atom. The van der Waals surface area contributed by atoms with Crippen molar-refractivity contribution in [2.24, 2.45) is 5.73 Å². The maximum Gasteiger partial charge on any atom is 0.256 e. The van der Waals surface area contributed by atoms with Crippen LogP contribution in [0.1, 0.15) is 36.1 Å². The van der Waals surface area contributed by atoms with Crippen molar-refractivity contribution < 1.29 is 4.74 Å². The zero-order valence-electron chi connectivity index (χ0n) is 13.4. The molecule has 1 unspecified atom stereocenters. The van der Waals surface area contributed by atoms with E-state index >= 15 is 0 Å². The van der Waals surface area contributed by atoms with Gasteiger partial charge in [-0.3, -0.25) is 4.79 Å². The van der Waals surface area contributed by atoms with Crippen molar-refractivity contribution in [1.82, 2.24) is 4.98 Å². The molecule has 2 heterocycles. The molecule has 1 aromatic heterocycles. The highest BCUT2D eigenvalue weighted by molar-refractivity contribution is 6.36. The van der Waals surface area contributed by atoms with Gasteiger partial charge in [0.15, 0.2) is 0 Å². The molecule has 0 spiro atoms. The van der Waals surface area contributed by atoms with E-state index in [1.165, 1.54) is 0 Å². The average molecular weight is 376 g/mol. The highest BCUT2D eigenvalue weighted by atomic mass is 35.5. The lowest BCUT2D eigenvalue weighted by Gasteiger charge is -2.27. The van der Waals surface area contributed by atoms with Gasteiger partial charge in [0, 0.05) is 27.4 Å². The van der Waals surface area contributed by atoms with E-state index in [1.54, 1.807) is 24.3 Å². The normalized spacial score (nSPS) is 16.2. The van der Waals surface area contributed by atoms with Gasteiger partial charge in [-0.25, -0.2) is 0 Å². The molecule has 7 heteroatoms. The molecular formula is C18H15Cl2N3O2. The fourth-order valence-electron chi connectivity index (χ4n) is 3.01. The first-order chi connectivity index (χ1) is 12.0. The molecule has 0 bridgehead atoms. The Hall–Kier alpha value is -2.42. The number of H-pyrrole nitrogens is 1. The maximum atomic E-state index is 12.7.